The van der Waals surface area contributed by atoms with Gasteiger partial charge in [0, 0.05) is 32.9 Å². The molecule has 0 aliphatic heterocycles. The Morgan fingerprint density at radius 2 is 0.793 bits per heavy atom. The van der Waals surface area contributed by atoms with Crippen molar-refractivity contribution in [3.8, 4) is 22.3 Å². The lowest BCUT2D eigenvalue weighted by Gasteiger charge is -2.28. The van der Waals surface area contributed by atoms with Gasteiger partial charge in [-0.1, -0.05) is 170 Å². The van der Waals surface area contributed by atoms with Crippen LogP contribution in [0.1, 0.15) is 0 Å². The van der Waals surface area contributed by atoms with Crippen LogP contribution in [0, 0.1) is 0 Å². The summed E-state index contributed by atoms with van der Waals surface area (Å²) in [6, 6.07) is 77.2. The Morgan fingerprint density at radius 1 is 0.293 bits per heavy atom. The first-order chi connectivity index (χ1) is 28.8. The molecule has 0 atom stereocenters. The molecule has 0 aliphatic rings. The highest BCUT2D eigenvalue weighted by Crippen LogP contribution is 2.48. The van der Waals surface area contributed by atoms with Crippen molar-refractivity contribution in [2.75, 3.05) is 4.90 Å². The lowest BCUT2D eigenvalue weighted by Crippen LogP contribution is -2.10. The molecule has 0 saturated heterocycles. The smallest absolute Gasteiger partial charge is 0.143 e. The van der Waals surface area contributed by atoms with E-state index in [4.69, 9.17) is 4.42 Å². The second-order valence-corrected chi connectivity index (χ2v) is 15.2. The quantitative estimate of drug-likeness (QED) is 0.164. The number of hydrogen-bond acceptors (Lipinski definition) is 2. The molecule has 2 nitrogen and oxygen atoms in total. The summed E-state index contributed by atoms with van der Waals surface area (Å²) in [5.74, 6) is 0. The maximum Gasteiger partial charge on any atom is 0.143 e. The van der Waals surface area contributed by atoms with E-state index in [0.29, 0.717) is 0 Å². The predicted molar refractivity (Wildman–Crippen MR) is 247 cm³/mol. The Bertz CT molecular complexity index is 3570. The lowest BCUT2D eigenvalue weighted by atomic mass is 9.85. The van der Waals surface area contributed by atoms with Crippen molar-refractivity contribution in [3.05, 3.63) is 212 Å². The molecule has 0 unspecified atom stereocenters. The molecule has 0 N–H and O–H groups in total. The van der Waals surface area contributed by atoms with E-state index in [2.05, 4.69) is 217 Å². The maximum absolute atomic E-state index is 6.63. The fourth-order valence-electron chi connectivity index (χ4n) is 9.41. The lowest BCUT2D eigenvalue weighted by molar-refractivity contribution is 0.672. The highest BCUT2D eigenvalue weighted by Gasteiger charge is 2.22. The average molecular weight is 738 g/mol. The molecule has 1 heterocycles. The van der Waals surface area contributed by atoms with E-state index in [1.54, 1.807) is 0 Å². The van der Waals surface area contributed by atoms with Crippen LogP contribution in [0.25, 0.3) is 98.1 Å². The molecule has 2 heteroatoms. The summed E-state index contributed by atoms with van der Waals surface area (Å²) in [6.45, 7) is 0. The van der Waals surface area contributed by atoms with Gasteiger partial charge in [0.05, 0.1) is 5.69 Å². The van der Waals surface area contributed by atoms with E-state index in [9.17, 15) is 0 Å². The fourth-order valence-corrected chi connectivity index (χ4v) is 9.41. The minimum atomic E-state index is 0.878. The molecule has 0 bridgehead atoms. The average Bonchev–Trinajstić information content (AvgIpc) is 3.68. The number of furan rings is 1. The van der Waals surface area contributed by atoms with Gasteiger partial charge in [0.1, 0.15) is 11.2 Å². The number of hydrogen-bond donors (Lipinski definition) is 0. The first-order valence-electron chi connectivity index (χ1n) is 19.9. The molecule has 0 radical (unpaired) electrons. The Hall–Kier alpha value is -7.68. The molecule has 12 aromatic rings. The Balaban J connectivity index is 1.19. The Labute approximate surface area is 335 Å². The normalized spacial score (nSPS) is 11.8. The van der Waals surface area contributed by atoms with Gasteiger partial charge < -0.3 is 9.32 Å². The standard InChI is InChI=1S/C56H35NO/c1-3-16-38(17-4-1)54-48-23-12-11-22-45(48)46-32-28-40(35-51(46)55(54)39-18-5-2-6-19-39)57(52-25-13-24-44-42-20-9-7-14-36(42)26-30-47(44)52)41-29-33-53-50(34-41)49-31-27-37-15-8-10-21-43(37)56(49)58-53/h1-35H. The van der Waals surface area contributed by atoms with Crippen molar-refractivity contribution >= 4 is 92.9 Å². The van der Waals surface area contributed by atoms with E-state index in [0.717, 1.165) is 44.4 Å². The predicted octanol–water partition coefficient (Wildman–Crippen LogP) is 16.2. The molecule has 58 heavy (non-hydrogen) atoms. The van der Waals surface area contributed by atoms with Gasteiger partial charge in [0.25, 0.3) is 0 Å². The van der Waals surface area contributed by atoms with Crippen molar-refractivity contribution in [2.45, 2.75) is 0 Å². The molecular weight excluding hydrogens is 703 g/mol. The largest absolute Gasteiger partial charge is 0.455 e. The second-order valence-electron chi connectivity index (χ2n) is 15.2. The van der Waals surface area contributed by atoms with Gasteiger partial charge >= 0.3 is 0 Å². The monoisotopic (exact) mass is 737 g/mol. The van der Waals surface area contributed by atoms with Crippen LogP contribution >= 0.6 is 0 Å². The van der Waals surface area contributed by atoms with Crippen LogP contribution in [0.5, 0.6) is 0 Å². The molecule has 0 amide bonds. The van der Waals surface area contributed by atoms with Gasteiger partial charge in [-0.25, -0.2) is 0 Å². The third-order valence-corrected chi connectivity index (χ3v) is 12.0. The molecule has 12 rings (SSSR count). The van der Waals surface area contributed by atoms with E-state index in [1.165, 1.54) is 70.7 Å². The van der Waals surface area contributed by atoms with Crippen LogP contribution in [0.4, 0.5) is 17.1 Å². The zero-order valence-electron chi connectivity index (χ0n) is 31.6. The molecule has 11 aromatic carbocycles. The topological polar surface area (TPSA) is 16.4 Å². The van der Waals surface area contributed by atoms with Gasteiger partial charge in [-0.3, -0.25) is 0 Å². The maximum atomic E-state index is 6.63. The number of anilines is 3. The van der Waals surface area contributed by atoms with Crippen LogP contribution in [0.2, 0.25) is 0 Å². The number of benzene rings is 11. The van der Waals surface area contributed by atoms with Crippen LogP contribution in [-0.2, 0) is 0 Å². The van der Waals surface area contributed by atoms with Gasteiger partial charge in [0.15, 0.2) is 0 Å². The highest BCUT2D eigenvalue weighted by atomic mass is 16.3. The van der Waals surface area contributed by atoms with Crippen molar-refractivity contribution in [1.82, 2.24) is 0 Å². The van der Waals surface area contributed by atoms with Gasteiger partial charge in [-0.05, 0) is 108 Å². The zero-order chi connectivity index (χ0) is 38.2. The van der Waals surface area contributed by atoms with E-state index >= 15 is 0 Å². The summed E-state index contributed by atoms with van der Waals surface area (Å²) in [5.41, 5.74) is 9.93. The first kappa shape index (κ1) is 32.6. The second kappa shape index (κ2) is 12.9. The summed E-state index contributed by atoms with van der Waals surface area (Å²) in [5, 5.41) is 14.3. The summed E-state index contributed by atoms with van der Waals surface area (Å²) < 4.78 is 6.63. The number of nitrogens with zero attached hydrogens (tertiary/aromatic N) is 1. The molecular formula is C56H35NO. The van der Waals surface area contributed by atoms with Crippen LogP contribution in [0.3, 0.4) is 0 Å². The zero-order valence-corrected chi connectivity index (χ0v) is 31.6. The Morgan fingerprint density at radius 3 is 1.53 bits per heavy atom. The minimum Gasteiger partial charge on any atom is -0.455 e. The third kappa shape index (κ3) is 4.99. The van der Waals surface area contributed by atoms with E-state index < -0.39 is 0 Å². The molecule has 0 fully saturated rings. The van der Waals surface area contributed by atoms with E-state index in [1.807, 2.05) is 0 Å². The van der Waals surface area contributed by atoms with Crippen LogP contribution in [0.15, 0.2) is 217 Å². The van der Waals surface area contributed by atoms with E-state index in [-0.39, 0.29) is 0 Å². The SMILES string of the molecule is c1ccc(-c2c(-c3ccccc3)c3cc(N(c4ccc5oc6c7ccccc7ccc6c5c4)c4cccc5c4ccc4ccccc45)ccc3c3ccccc23)cc1. The first-order valence-corrected chi connectivity index (χ1v) is 19.9. The molecule has 0 spiro atoms. The molecule has 0 saturated carbocycles. The summed E-state index contributed by atoms with van der Waals surface area (Å²) in [7, 11) is 0. The number of fused-ring (bicyclic) bond motifs is 11. The van der Waals surface area contributed by atoms with Crippen molar-refractivity contribution < 1.29 is 4.42 Å². The van der Waals surface area contributed by atoms with Crippen molar-refractivity contribution in [3.63, 3.8) is 0 Å². The highest BCUT2D eigenvalue weighted by molar-refractivity contribution is 6.23. The molecule has 270 valence electrons. The number of rotatable bonds is 5. The third-order valence-electron chi connectivity index (χ3n) is 12.0. The van der Waals surface area contributed by atoms with Gasteiger partial charge in [-0.15, -0.1) is 0 Å². The van der Waals surface area contributed by atoms with Crippen molar-refractivity contribution in [2.24, 2.45) is 0 Å². The minimum absolute atomic E-state index is 0.878. The summed E-state index contributed by atoms with van der Waals surface area (Å²) in [4.78, 5) is 2.45. The van der Waals surface area contributed by atoms with Crippen LogP contribution in [-0.4, -0.2) is 0 Å². The molecule has 0 aliphatic carbocycles. The van der Waals surface area contributed by atoms with Crippen molar-refractivity contribution in [1.29, 1.82) is 0 Å². The van der Waals surface area contributed by atoms with Gasteiger partial charge in [-0.2, -0.15) is 0 Å². The molecule has 1 aromatic heterocycles. The fraction of sp³-hybridized carbons (Fsp3) is 0. The summed E-state index contributed by atoms with van der Waals surface area (Å²) >= 11 is 0. The Kier molecular flexibility index (Phi) is 7.26. The summed E-state index contributed by atoms with van der Waals surface area (Å²) in [6.07, 6.45) is 0. The van der Waals surface area contributed by atoms with Gasteiger partial charge in [0.2, 0.25) is 0 Å². The van der Waals surface area contributed by atoms with Crippen LogP contribution < -0.4 is 4.90 Å².